The number of nitriles is 1. The monoisotopic (exact) mass is 247 g/mol. The highest BCUT2D eigenvalue weighted by Gasteiger charge is 2.38. The zero-order valence-electron chi connectivity index (χ0n) is 12.3. The highest BCUT2D eigenvalue weighted by Crippen LogP contribution is 2.47. The van der Waals surface area contributed by atoms with Gasteiger partial charge in [-0.3, -0.25) is 0 Å². The summed E-state index contributed by atoms with van der Waals surface area (Å²) in [6, 6.07) is 2.66. The number of hydrogen-bond donors (Lipinski definition) is 0. The van der Waals surface area contributed by atoms with E-state index in [-0.39, 0.29) is 5.41 Å². The molecule has 0 bridgehead atoms. The van der Waals surface area contributed by atoms with Gasteiger partial charge in [-0.25, -0.2) is 0 Å². The third-order valence-corrected chi connectivity index (χ3v) is 5.93. The van der Waals surface area contributed by atoms with E-state index in [1.165, 1.54) is 51.4 Å². The third kappa shape index (κ3) is 2.90. The summed E-state index contributed by atoms with van der Waals surface area (Å²) >= 11 is 0. The molecule has 2 rings (SSSR count). The van der Waals surface area contributed by atoms with Crippen LogP contribution >= 0.6 is 0 Å². The Kier molecular flexibility index (Phi) is 4.71. The smallest absolute Gasteiger partial charge is 0.0689 e. The van der Waals surface area contributed by atoms with Crippen LogP contribution < -0.4 is 0 Å². The fraction of sp³-hybridized carbons (Fsp3) is 0.941. The summed E-state index contributed by atoms with van der Waals surface area (Å²) in [7, 11) is 0. The van der Waals surface area contributed by atoms with Crippen molar-refractivity contribution in [2.24, 2.45) is 23.2 Å². The Hall–Kier alpha value is -0.510. The van der Waals surface area contributed by atoms with Gasteiger partial charge >= 0.3 is 0 Å². The van der Waals surface area contributed by atoms with Crippen molar-refractivity contribution in [3.63, 3.8) is 0 Å². The number of hydrogen-bond acceptors (Lipinski definition) is 1. The van der Waals surface area contributed by atoms with Crippen LogP contribution in [0.3, 0.4) is 0 Å². The van der Waals surface area contributed by atoms with Gasteiger partial charge in [-0.15, -0.1) is 0 Å². The van der Waals surface area contributed by atoms with Crippen LogP contribution in [0.2, 0.25) is 0 Å². The first-order chi connectivity index (χ1) is 8.73. The van der Waals surface area contributed by atoms with Crippen LogP contribution in [-0.2, 0) is 0 Å². The molecule has 0 aromatic heterocycles. The molecular weight excluding hydrogens is 218 g/mol. The van der Waals surface area contributed by atoms with Crippen molar-refractivity contribution in [2.45, 2.75) is 78.1 Å². The minimum atomic E-state index is 0.0323. The van der Waals surface area contributed by atoms with E-state index >= 15 is 0 Å². The molecule has 0 spiro atoms. The average molecular weight is 247 g/mol. The van der Waals surface area contributed by atoms with Gasteiger partial charge < -0.3 is 0 Å². The minimum Gasteiger partial charge on any atom is -0.198 e. The third-order valence-electron chi connectivity index (χ3n) is 5.93. The highest BCUT2D eigenvalue weighted by molar-refractivity contribution is 5.02. The highest BCUT2D eigenvalue weighted by atomic mass is 14.4. The van der Waals surface area contributed by atoms with E-state index in [1.54, 1.807) is 0 Å². The first-order valence-corrected chi connectivity index (χ1v) is 8.14. The molecule has 2 saturated carbocycles. The second-order valence-corrected chi connectivity index (χ2v) is 6.79. The molecular formula is C17H29N. The van der Waals surface area contributed by atoms with E-state index in [9.17, 15) is 5.26 Å². The van der Waals surface area contributed by atoms with Crippen LogP contribution in [0.25, 0.3) is 0 Å². The van der Waals surface area contributed by atoms with Crippen LogP contribution in [0.1, 0.15) is 78.1 Å². The molecule has 2 aliphatic rings. The van der Waals surface area contributed by atoms with Crippen molar-refractivity contribution in [1.82, 2.24) is 0 Å². The largest absolute Gasteiger partial charge is 0.198 e. The minimum absolute atomic E-state index is 0.0323. The maximum absolute atomic E-state index is 9.49. The molecule has 2 atom stereocenters. The summed E-state index contributed by atoms with van der Waals surface area (Å²) in [5.74, 6) is 2.79. The molecule has 0 heterocycles. The van der Waals surface area contributed by atoms with Gasteiger partial charge in [0.25, 0.3) is 0 Å². The van der Waals surface area contributed by atoms with Crippen LogP contribution in [0, 0.1) is 34.5 Å². The standard InChI is InChI=1S/C17H29N/c1-3-14-7-9-15(10-8-14)16-6-5-11-17(4-2,12-16)13-18/h14-16H,3-12H2,1-2H3/t14-,15-,16?,17?. The fourth-order valence-corrected chi connectivity index (χ4v) is 4.38. The average Bonchev–Trinajstić information content (AvgIpc) is 2.47. The molecule has 0 amide bonds. The summed E-state index contributed by atoms with van der Waals surface area (Å²) < 4.78 is 0. The van der Waals surface area contributed by atoms with E-state index in [4.69, 9.17) is 0 Å². The van der Waals surface area contributed by atoms with E-state index < -0.39 is 0 Å². The Bertz CT molecular complexity index is 295. The van der Waals surface area contributed by atoms with Crippen molar-refractivity contribution in [2.75, 3.05) is 0 Å². The van der Waals surface area contributed by atoms with Gasteiger partial charge in [0.1, 0.15) is 0 Å². The molecule has 2 aliphatic carbocycles. The summed E-state index contributed by atoms with van der Waals surface area (Å²) in [6.07, 6.45) is 13.2. The molecule has 0 aromatic rings. The van der Waals surface area contributed by atoms with Crippen molar-refractivity contribution >= 4 is 0 Å². The maximum Gasteiger partial charge on any atom is 0.0689 e. The zero-order chi connectivity index (χ0) is 13.0. The summed E-state index contributed by atoms with van der Waals surface area (Å²) in [5, 5.41) is 9.49. The van der Waals surface area contributed by atoms with Gasteiger partial charge in [-0.1, -0.05) is 46.0 Å². The lowest BCUT2D eigenvalue weighted by molar-refractivity contribution is 0.108. The molecule has 1 nitrogen and oxygen atoms in total. The Balaban J connectivity index is 1.92. The first kappa shape index (κ1) is 13.9. The predicted molar refractivity (Wildman–Crippen MR) is 76.0 cm³/mol. The molecule has 0 N–H and O–H groups in total. The Morgan fingerprint density at radius 1 is 1.06 bits per heavy atom. The molecule has 0 aromatic carbocycles. The van der Waals surface area contributed by atoms with Gasteiger partial charge in [-0.2, -0.15) is 5.26 Å². The lowest BCUT2D eigenvalue weighted by Crippen LogP contribution is -2.32. The first-order valence-electron chi connectivity index (χ1n) is 8.14. The van der Waals surface area contributed by atoms with Gasteiger partial charge in [0.2, 0.25) is 0 Å². The Morgan fingerprint density at radius 2 is 1.78 bits per heavy atom. The molecule has 0 aliphatic heterocycles. The lowest BCUT2D eigenvalue weighted by atomic mass is 9.63. The van der Waals surface area contributed by atoms with Crippen molar-refractivity contribution in [3.8, 4) is 6.07 Å². The number of rotatable bonds is 3. The van der Waals surface area contributed by atoms with Crippen LogP contribution in [0.5, 0.6) is 0 Å². The van der Waals surface area contributed by atoms with Crippen LogP contribution in [0.15, 0.2) is 0 Å². The van der Waals surface area contributed by atoms with Gasteiger partial charge in [0.05, 0.1) is 11.5 Å². The molecule has 18 heavy (non-hydrogen) atoms. The lowest BCUT2D eigenvalue weighted by Gasteiger charge is -2.41. The molecule has 1 heteroatoms. The van der Waals surface area contributed by atoms with Crippen LogP contribution in [-0.4, -0.2) is 0 Å². The molecule has 0 saturated heterocycles. The zero-order valence-corrected chi connectivity index (χ0v) is 12.3. The van der Waals surface area contributed by atoms with E-state index in [1.807, 2.05) is 0 Å². The SMILES string of the molecule is CCC1(C#N)CCCC([C@H]2CC[C@H](CC)CC2)C1. The number of nitrogens with zero attached hydrogens (tertiary/aromatic N) is 1. The second kappa shape index (κ2) is 6.09. The maximum atomic E-state index is 9.49. The summed E-state index contributed by atoms with van der Waals surface area (Å²) in [6.45, 7) is 4.54. The van der Waals surface area contributed by atoms with Gasteiger partial charge in [0.15, 0.2) is 0 Å². The van der Waals surface area contributed by atoms with E-state index in [2.05, 4.69) is 19.9 Å². The van der Waals surface area contributed by atoms with E-state index in [0.29, 0.717) is 0 Å². The van der Waals surface area contributed by atoms with Gasteiger partial charge in [-0.05, 0) is 49.9 Å². The van der Waals surface area contributed by atoms with Crippen molar-refractivity contribution in [3.05, 3.63) is 0 Å². The normalized spacial score (nSPS) is 41.3. The molecule has 0 radical (unpaired) electrons. The predicted octanol–water partition coefficient (Wildman–Crippen LogP) is 5.31. The quantitative estimate of drug-likeness (QED) is 0.662. The van der Waals surface area contributed by atoms with E-state index in [0.717, 1.165) is 30.6 Å². The van der Waals surface area contributed by atoms with Crippen LogP contribution in [0.4, 0.5) is 0 Å². The molecule has 102 valence electrons. The summed E-state index contributed by atoms with van der Waals surface area (Å²) in [4.78, 5) is 0. The fourth-order valence-electron chi connectivity index (χ4n) is 4.38. The Morgan fingerprint density at radius 3 is 2.33 bits per heavy atom. The summed E-state index contributed by atoms with van der Waals surface area (Å²) in [5.41, 5.74) is 0.0323. The Labute approximate surface area is 113 Å². The molecule has 2 fully saturated rings. The second-order valence-electron chi connectivity index (χ2n) is 6.79. The van der Waals surface area contributed by atoms with Gasteiger partial charge in [0, 0.05) is 0 Å². The van der Waals surface area contributed by atoms with Crippen molar-refractivity contribution in [1.29, 1.82) is 5.26 Å². The van der Waals surface area contributed by atoms with Crippen molar-refractivity contribution < 1.29 is 0 Å². The topological polar surface area (TPSA) is 23.8 Å². The molecule has 2 unspecified atom stereocenters.